The second-order valence-electron chi connectivity index (χ2n) is 24.0. The van der Waals surface area contributed by atoms with Crippen LogP contribution in [0.5, 0.6) is 5.75 Å². The number of nitro benzene ring substituents is 2. The van der Waals surface area contributed by atoms with Crippen molar-refractivity contribution in [3.05, 3.63) is 371 Å². The van der Waals surface area contributed by atoms with Crippen molar-refractivity contribution in [3.63, 3.8) is 0 Å². The molecule has 102 heavy (non-hydrogen) atoms. The fourth-order valence-electron chi connectivity index (χ4n) is 11.6. The van der Waals surface area contributed by atoms with Crippen LogP contribution < -0.4 is 29.2 Å². The van der Waals surface area contributed by atoms with E-state index in [2.05, 4.69) is 190 Å². The molecule has 0 saturated carbocycles. The number of methoxy groups -OCH3 is 1. The van der Waals surface area contributed by atoms with Gasteiger partial charge in [0.05, 0.1) is 35.2 Å². The molecule has 0 N–H and O–H groups in total. The Labute approximate surface area is 594 Å². The molecule has 14 nitrogen and oxygen atoms in total. The van der Waals surface area contributed by atoms with Gasteiger partial charge in [-0.15, -0.1) is 0 Å². The lowest BCUT2D eigenvalue weighted by Crippen LogP contribution is -2.09. The summed E-state index contributed by atoms with van der Waals surface area (Å²) < 4.78 is 5.28. The van der Waals surface area contributed by atoms with Crippen molar-refractivity contribution in [3.8, 4) is 11.8 Å². The topological polar surface area (TPSA) is 140 Å². The standard InChI is InChI=1S/2C18H14N2.C18H17NO.2C17H14N2O2/c1-19-16-8-5-9-17(13-16)20(2)18-11-10-14-6-3-4-7-15(14)12-18;1-20(17-9-6-14(13-19)7-10-17)18-11-8-15-4-2-3-5-16(15)12-18;1-19(16-8-5-9-18(13-16)20-2)17-11-10-14-6-3-4-7-15(14)12-17;1-18(15-7-4-8-17(12-15)19(20)21)16-10-9-13-5-2-3-6-14(13)11-16;1-18(15-8-10-16(11-9-15)19(20)21)17-7-6-13-4-2-3-5-14(13)12-17/h3-13H,2H3;2-12H,1H3;3-13H,1-2H3;2*2-12H,1H3. The minimum Gasteiger partial charge on any atom is -0.497 e. The number of fused-ring (bicyclic) bond motifs is 5. The highest BCUT2D eigenvalue weighted by atomic mass is 16.6. The zero-order valence-electron chi connectivity index (χ0n) is 57.3. The highest BCUT2D eigenvalue weighted by Gasteiger charge is 2.14. The fraction of sp³-hybridized carbons (Fsp3) is 0.0682. The molecule has 0 aliphatic rings. The predicted molar refractivity (Wildman–Crippen MR) is 423 cm³/mol. The van der Waals surface area contributed by atoms with Gasteiger partial charge in [-0.05, 0) is 181 Å². The molecule has 500 valence electrons. The first-order chi connectivity index (χ1) is 49.6. The molecule has 15 rings (SSSR count). The molecule has 0 aliphatic carbocycles. The highest BCUT2D eigenvalue weighted by molar-refractivity contribution is 5.91. The number of nitrogens with zero attached hydrogens (tertiary/aromatic N) is 9. The summed E-state index contributed by atoms with van der Waals surface area (Å²) in [5.74, 6) is 0.870. The molecule has 15 aromatic rings. The summed E-state index contributed by atoms with van der Waals surface area (Å²) in [5.41, 5.74) is 11.9. The van der Waals surface area contributed by atoms with Gasteiger partial charge in [-0.3, -0.25) is 20.2 Å². The van der Waals surface area contributed by atoms with Gasteiger partial charge in [-0.1, -0.05) is 176 Å². The largest absolute Gasteiger partial charge is 0.497 e. The summed E-state index contributed by atoms with van der Waals surface area (Å²) in [5, 5.41) is 42.5. The Morgan fingerprint density at radius 2 is 0.598 bits per heavy atom. The maximum atomic E-state index is 10.9. The molecule has 14 heteroatoms. The summed E-state index contributed by atoms with van der Waals surface area (Å²) in [6, 6.07) is 112. The van der Waals surface area contributed by atoms with Crippen molar-refractivity contribution in [1.29, 1.82) is 5.26 Å². The highest BCUT2D eigenvalue weighted by Crippen LogP contribution is 2.35. The van der Waals surface area contributed by atoms with E-state index in [1.807, 2.05) is 171 Å². The van der Waals surface area contributed by atoms with Gasteiger partial charge in [0.1, 0.15) is 5.75 Å². The molecular weight excluding hydrogens is 1260 g/mol. The normalized spacial score (nSPS) is 10.4. The second kappa shape index (κ2) is 33.0. The zero-order valence-corrected chi connectivity index (χ0v) is 57.3. The summed E-state index contributed by atoms with van der Waals surface area (Å²) in [6.45, 7) is 7.10. The Hall–Kier alpha value is -13.8. The van der Waals surface area contributed by atoms with Crippen LogP contribution in [0.3, 0.4) is 0 Å². The Bertz CT molecular complexity index is 5520. The number of rotatable bonds is 13. The number of benzene rings is 15. The van der Waals surface area contributed by atoms with Crippen LogP contribution in [0.1, 0.15) is 5.56 Å². The molecule has 15 aromatic carbocycles. The smallest absolute Gasteiger partial charge is 0.271 e. The third-order valence-electron chi connectivity index (χ3n) is 17.6. The lowest BCUT2D eigenvalue weighted by Gasteiger charge is -2.20. The molecule has 0 unspecified atom stereocenters. The molecule has 0 spiro atoms. The number of nitro groups is 2. The first-order valence-corrected chi connectivity index (χ1v) is 32.9. The summed E-state index contributed by atoms with van der Waals surface area (Å²) in [6.07, 6.45) is 0. The monoisotopic (exact) mass is 1340 g/mol. The SMILES string of the molecule is CN(c1ccc(C#N)cc1)c1ccc2ccccc2c1.CN(c1ccc([N+](=O)[O-])cc1)c1ccc2ccccc2c1.CN(c1cccc([N+](=O)[O-])c1)c1ccc2ccccc2c1.COc1cccc(N(C)c2ccc3ccccc3c2)c1.[C-]#[N+]c1cccc(N(C)c2ccc3ccccc3c2)c1. The van der Waals surface area contributed by atoms with Crippen molar-refractivity contribution < 1.29 is 14.6 Å². The summed E-state index contributed by atoms with van der Waals surface area (Å²) in [7, 11) is 11.7. The Kier molecular flexibility index (Phi) is 22.5. The Morgan fingerprint density at radius 1 is 0.314 bits per heavy atom. The van der Waals surface area contributed by atoms with Crippen LogP contribution in [0.2, 0.25) is 0 Å². The van der Waals surface area contributed by atoms with E-state index >= 15 is 0 Å². The number of anilines is 10. The van der Waals surface area contributed by atoms with Gasteiger partial charge >= 0.3 is 0 Å². The molecular formula is C88H73N9O5. The van der Waals surface area contributed by atoms with E-state index in [4.69, 9.17) is 16.6 Å². The average Bonchev–Trinajstić information content (AvgIpc) is 0.840. The third-order valence-corrected chi connectivity index (χ3v) is 17.6. The molecule has 0 atom stereocenters. The van der Waals surface area contributed by atoms with E-state index < -0.39 is 0 Å². The van der Waals surface area contributed by atoms with Crippen molar-refractivity contribution >= 4 is 128 Å². The van der Waals surface area contributed by atoms with Gasteiger partial charge in [0.25, 0.3) is 11.4 Å². The number of hydrogen-bond acceptors (Lipinski definition) is 11. The molecule has 0 heterocycles. The van der Waals surface area contributed by atoms with Gasteiger partial charge in [0.15, 0.2) is 5.69 Å². The lowest BCUT2D eigenvalue weighted by molar-refractivity contribution is -0.385. The van der Waals surface area contributed by atoms with Gasteiger partial charge in [0, 0.05) is 122 Å². The van der Waals surface area contributed by atoms with E-state index in [1.54, 1.807) is 31.4 Å². The molecule has 0 radical (unpaired) electrons. The molecule has 0 saturated heterocycles. The Balaban J connectivity index is 0.000000128. The van der Waals surface area contributed by atoms with E-state index in [9.17, 15) is 20.2 Å². The number of hydrogen-bond donors (Lipinski definition) is 0. The number of non-ortho nitro benzene ring substituents is 2. The maximum Gasteiger partial charge on any atom is 0.271 e. The minimum absolute atomic E-state index is 0.0974. The fourth-order valence-corrected chi connectivity index (χ4v) is 11.6. The van der Waals surface area contributed by atoms with Crippen LogP contribution >= 0.6 is 0 Å². The maximum absolute atomic E-state index is 10.9. The Morgan fingerprint density at radius 3 is 0.931 bits per heavy atom. The van der Waals surface area contributed by atoms with Gasteiger partial charge in [-0.2, -0.15) is 5.26 Å². The van der Waals surface area contributed by atoms with Crippen LogP contribution in [0.4, 0.5) is 73.9 Å². The lowest BCUT2D eigenvalue weighted by atomic mass is 10.1. The molecule has 0 bridgehead atoms. The van der Waals surface area contributed by atoms with Crippen molar-refractivity contribution in [1.82, 2.24) is 0 Å². The third kappa shape index (κ3) is 17.3. The number of ether oxygens (including phenoxy) is 1. The molecule has 0 fully saturated rings. The molecule has 0 aromatic heterocycles. The quantitative estimate of drug-likeness (QED) is 0.0619. The van der Waals surface area contributed by atoms with Crippen LogP contribution in [-0.4, -0.2) is 52.2 Å². The van der Waals surface area contributed by atoms with E-state index in [0.717, 1.165) is 68.0 Å². The van der Waals surface area contributed by atoms with Crippen molar-refractivity contribution in [2.45, 2.75) is 0 Å². The van der Waals surface area contributed by atoms with Crippen LogP contribution in [0.15, 0.2) is 334 Å². The zero-order chi connectivity index (χ0) is 71.5. The predicted octanol–water partition coefficient (Wildman–Crippen LogP) is 23.3. The van der Waals surface area contributed by atoms with Crippen LogP contribution in [0, 0.1) is 38.1 Å². The molecule has 0 aliphatic heterocycles. The van der Waals surface area contributed by atoms with E-state index in [0.29, 0.717) is 11.3 Å². The van der Waals surface area contributed by atoms with Crippen LogP contribution in [0.25, 0.3) is 58.7 Å². The van der Waals surface area contributed by atoms with Crippen molar-refractivity contribution in [2.24, 2.45) is 0 Å². The average molecular weight is 1340 g/mol. The van der Waals surface area contributed by atoms with E-state index in [1.165, 1.54) is 66.7 Å². The first-order valence-electron chi connectivity index (χ1n) is 32.9. The van der Waals surface area contributed by atoms with Gasteiger partial charge in [0.2, 0.25) is 0 Å². The van der Waals surface area contributed by atoms with Gasteiger partial charge < -0.3 is 29.2 Å². The van der Waals surface area contributed by atoms with E-state index in [-0.39, 0.29) is 21.2 Å². The second-order valence-corrected chi connectivity index (χ2v) is 24.0. The van der Waals surface area contributed by atoms with Crippen molar-refractivity contribution in [2.75, 3.05) is 66.8 Å². The summed E-state index contributed by atoms with van der Waals surface area (Å²) >= 11 is 0. The van der Waals surface area contributed by atoms with Gasteiger partial charge in [-0.25, -0.2) is 4.85 Å². The number of nitriles is 1. The molecule has 0 amide bonds. The van der Waals surface area contributed by atoms with Crippen LogP contribution in [-0.2, 0) is 0 Å². The first kappa shape index (κ1) is 69.5. The summed E-state index contributed by atoms with van der Waals surface area (Å²) in [4.78, 5) is 34.6. The minimum atomic E-state index is -0.389.